The van der Waals surface area contributed by atoms with Crippen molar-refractivity contribution in [3.05, 3.63) is 72.1 Å². The number of halogens is 2. The Balaban J connectivity index is 1.85. The number of hydrogen-bond donors (Lipinski definition) is 2. The number of benzene rings is 2. The fourth-order valence-corrected chi connectivity index (χ4v) is 3.50. The van der Waals surface area contributed by atoms with Gasteiger partial charge >= 0.3 is 0 Å². The lowest BCUT2D eigenvalue weighted by molar-refractivity contribution is 0.475. The molecule has 0 radical (unpaired) electrons. The molecule has 0 aliphatic rings. The molecule has 0 saturated carbocycles. The van der Waals surface area contributed by atoms with Crippen molar-refractivity contribution in [2.24, 2.45) is 0 Å². The number of nitrogens with one attached hydrogen (secondary N) is 1. The van der Waals surface area contributed by atoms with Crippen LogP contribution < -0.4 is 5.32 Å². The van der Waals surface area contributed by atoms with Crippen molar-refractivity contribution in [2.45, 2.75) is 26.3 Å². The second-order valence-electron chi connectivity index (χ2n) is 7.18. The van der Waals surface area contributed by atoms with Crippen molar-refractivity contribution in [3.8, 4) is 17.0 Å². The highest BCUT2D eigenvalue weighted by Gasteiger charge is 2.16. The number of phenolic OH excluding ortho intramolecular Hbond substituents is 1. The maximum absolute atomic E-state index is 13.8. The van der Waals surface area contributed by atoms with Crippen molar-refractivity contribution in [3.63, 3.8) is 0 Å². The zero-order valence-electron chi connectivity index (χ0n) is 16.6. The van der Waals surface area contributed by atoms with Crippen LogP contribution in [0.3, 0.4) is 0 Å². The Bertz CT molecular complexity index is 1150. The first-order valence-corrected chi connectivity index (χ1v) is 9.87. The molecule has 2 heterocycles. The molecule has 0 fully saturated rings. The van der Waals surface area contributed by atoms with E-state index in [1.807, 2.05) is 10.6 Å². The van der Waals surface area contributed by atoms with Crippen molar-refractivity contribution in [2.75, 3.05) is 11.9 Å². The van der Waals surface area contributed by atoms with Gasteiger partial charge in [0.2, 0.25) is 0 Å². The summed E-state index contributed by atoms with van der Waals surface area (Å²) >= 11 is 0. The lowest BCUT2D eigenvalue weighted by Crippen LogP contribution is -2.06. The highest BCUT2D eigenvalue weighted by Crippen LogP contribution is 2.32. The van der Waals surface area contributed by atoms with E-state index in [1.54, 1.807) is 24.3 Å². The molecule has 2 N–H and O–H groups in total. The molecule has 154 valence electrons. The van der Waals surface area contributed by atoms with E-state index in [-0.39, 0.29) is 12.3 Å². The number of anilines is 1. The molecule has 5 nitrogen and oxygen atoms in total. The van der Waals surface area contributed by atoms with E-state index >= 15 is 0 Å². The average molecular weight is 408 g/mol. The minimum absolute atomic E-state index is 0.162. The number of nitrogens with zero attached hydrogens (tertiary/aromatic N) is 3. The SMILES string of the molecule is CCCCNc1ncnc2c1cc(-c1ccc(O)cc1)n2Cc1cc(F)cc(F)c1. The summed E-state index contributed by atoms with van der Waals surface area (Å²) in [5.41, 5.74) is 2.82. The average Bonchev–Trinajstić information content (AvgIpc) is 3.07. The first-order chi connectivity index (χ1) is 14.5. The van der Waals surface area contributed by atoms with Gasteiger partial charge in [-0.2, -0.15) is 0 Å². The minimum Gasteiger partial charge on any atom is -0.508 e. The smallest absolute Gasteiger partial charge is 0.146 e. The molecular weight excluding hydrogens is 386 g/mol. The number of unbranched alkanes of at least 4 members (excludes halogenated alkanes) is 1. The monoisotopic (exact) mass is 408 g/mol. The second-order valence-corrected chi connectivity index (χ2v) is 7.18. The number of hydrogen-bond acceptors (Lipinski definition) is 4. The van der Waals surface area contributed by atoms with Gasteiger partial charge in [-0.1, -0.05) is 13.3 Å². The Morgan fingerprint density at radius 1 is 1.00 bits per heavy atom. The first-order valence-electron chi connectivity index (χ1n) is 9.87. The second kappa shape index (κ2) is 8.49. The number of aromatic nitrogens is 3. The standard InChI is InChI=1S/C23H22F2N4O/c1-2-3-8-26-22-20-12-21(16-4-6-19(30)7-5-16)29(23(20)28-14-27-22)13-15-9-17(24)11-18(25)10-15/h4-7,9-12,14,30H,2-3,8,13H2,1H3,(H,26,27,28). The summed E-state index contributed by atoms with van der Waals surface area (Å²) in [5, 5.41) is 13.8. The zero-order chi connectivity index (χ0) is 21.1. The Labute approximate surface area is 173 Å². The van der Waals surface area contributed by atoms with Gasteiger partial charge in [0.05, 0.1) is 11.1 Å². The van der Waals surface area contributed by atoms with Crippen molar-refractivity contribution in [1.82, 2.24) is 14.5 Å². The van der Waals surface area contributed by atoms with Gasteiger partial charge in [0.15, 0.2) is 0 Å². The Kier molecular flexibility index (Phi) is 5.61. The lowest BCUT2D eigenvalue weighted by atomic mass is 10.1. The molecule has 30 heavy (non-hydrogen) atoms. The van der Waals surface area contributed by atoms with E-state index in [2.05, 4.69) is 22.2 Å². The van der Waals surface area contributed by atoms with E-state index in [9.17, 15) is 13.9 Å². The zero-order valence-corrected chi connectivity index (χ0v) is 16.6. The van der Waals surface area contributed by atoms with Gasteiger partial charge in [-0.05, 0) is 60.0 Å². The van der Waals surface area contributed by atoms with E-state index in [4.69, 9.17) is 0 Å². The van der Waals surface area contributed by atoms with Gasteiger partial charge in [-0.3, -0.25) is 0 Å². The molecule has 0 spiro atoms. The van der Waals surface area contributed by atoms with Crippen LogP contribution in [-0.4, -0.2) is 26.2 Å². The van der Waals surface area contributed by atoms with Crippen LogP contribution in [0.15, 0.2) is 54.9 Å². The third-order valence-corrected chi connectivity index (χ3v) is 4.94. The predicted octanol–water partition coefficient (Wildman–Crippen LogP) is 5.34. The number of phenols is 1. The molecule has 0 atom stereocenters. The summed E-state index contributed by atoms with van der Waals surface area (Å²) in [5.74, 6) is -0.360. The third-order valence-electron chi connectivity index (χ3n) is 4.94. The van der Waals surface area contributed by atoms with Gasteiger partial charge < -0.3 is 15.0 Å². The molecule has 2 aromatic carbocycles. The maximum Gasteiger partial charge on any atom is 0.146 e. The molecule has 0 aliphatic carbocycles. The van der Waals surface area contributed by atoms with E-state index in [0.717, 1.165) is 47.9 Å². The van der Waals surface area contributed by atoms with Crippen molar-refractivity contribution in [1.29, 1.82) is 0 Å². The number of aromatic hydroxyl groups is 1. The number of fused-ring (bicyclic) bond motifs is 1. The van der Waals surface area contributed by atoms with Crippen molar-refractivity contribution < 1.29 is 13.9 Å². The van der Waals surface area contributed by atoms with Gasteiger partial charge in [-0.15, -0.1) is 0 Å². The molecule has 7 heteroatoms. The van der Waals surface area contributed by atoms with Crippen molar-refractivity contribution >= 4 is 16.9 Å². The molecule has 0 amide bonds. The summed E-state index contributed by atoms with van der Waals surface area (Å²) in [6.45, 7) is 3.14. The highest BCUT2D eigenvalue weighted by molar-refractivity contribution is 5.92. The normalized spacial score (nSPS) is 11.2. The van der Waals surface area contributed by atoms with Crippen LogP contribution in [0.5, 0.6) is 5.75 Å². The largest absolute Gasteiger partial charge is 0.508 e. The van der Waals surface area contributed by atoms with E-state index in [0.29, 0.717) is 11.2 Å². The first kappa shape index (κ1) is 19.8. The van der Waals surface area contributed by atoms with Gasteiger partial charge in [0.25, 0.3) is 0 Å². The van der Waals surface area contributed by atoms with Crippen LogP contribution >= 0.6 is 0 Å². The maximum atomic E-state index is 13.8. The topological polar surface area (TPSA) is 63.0 Å². The Hall–Kier alpha value is -3.48. The quantitative estimate of drug-likeness (QED) is 0.405. The molecule has 0 bridgehead atoms. The van der Waals surface area contributed by atoms with Crippen LogP contribution in [0.2, 0.25) is 0 Å². The molecule has 4 rings (SSSR count). The molecular formula is C23H22F2N4O. The summed E-state index contributed by atoms with van der Waals surface area (Å²) in [7, 11) is 0. The van der Waals surface area contributed by atoms with Gasteiger partial charge in [0, 0.05) is 19.2 Å². The lowest BCUT2D eigenvalue weighted by Gasteiger charge is -2.11. The fraction of sp³-hybridized carbons (Fsp3) is 0.217. The van der Waals surface area contributed by atoms with Gasteiger partial charge in [-0.25, -0.2) is 18.7 Å². The van der Waals surface area contributed by atoms with Crippen LogP contribution in [-0.2, 0) is 6.54 Å². The molecule has 2 aromatic heterocycles. The fourth-order valence-electron chi connectivity index (χ4n) is 3.50. The molecule has 4 aromatic rings. The van der Waals surface area contributed by atoms with Crippen LogP contribution in [0.25, 0.3) is 22.3 Å². The highest BCUT2D eigenvalue weighted by atomic mass is 19.1. The van der Waals surface area contributed by atoms with E-state index < -0.39 is 11.6 Å². The Morgan fingerprint density at radius 3 is 2.43 bits per heavy atom. The summed E-state index contributed by atoms with van der Waals surface area (Å²) in [4.78, 5) is 8.83. The summed E-state index contributed by atoms with van der Waals surface area (Å²) in [6, 6.07) is 12.3. The summed E-state index contributed by atoms with van der Waals surface area (Å²) < 4.78 is 29.4. The number of rotatable bonds is 7. The predicted molar refractivity (Wildman–Crippen MR) is 113 cm³/mol. The Morgan fingerprint density at radius 2 is 1.73 bits per heavy atom. The third kappa shape index (κ3) is 4.10. The van der Waals surface area contributed by atoms with Gasteiger partial charge in [0.1, 0.15) is 35.2 Å². The van der Waals surface area contributed by atoms with Crippen LogP contribution in [0.4, 0.5) is 14.6 Å². The van der Waals surface area contributed by atoms with Crippen LogP contribution in [0.1, 0.15) is 25.3 Å². The van der Waals surface area contributed by atoms with Crippen LogP contribution in [0, 0.1) is 11.6 Å². The molecule has 0 unspecified atom stereocenters. The summed E-state index contributed by atoms with van der Waals surface area (Å²) in [6.07, 6.45) is 3.56. The minimum atomic E-state index is -0.621. The van der Waals surface area contributed by atoms with E-state index in [1.165, 1.54) is 18.5 Å². The molecule has 0 aliphatic heterocycles. The molecule has 0 saturated heterocycles.